The predicted octanol–water partition coefficient (Wildman–Crippen LogP) is 8.34. The van der Waals surface area contributed by atoms with Crippen molar-refractivity contribution in [1.29, 1.82) is 0 Å². The van der Waals surface area contributed by atoms with Crippen LogP contribution in [-0.2, 0) is 0 Å². The maximum atomic E-state index is 10.3. The van der Waals surface area contributed by atoms with E-state index in [1.54, 1.807) is 11.1 Å². The number of hydrogen-bond acceptors (Lipinski definition) is 1. The molecule has 31 heavy (non-hydrogen) atoms. The smallest absolute Gasteiger partial charge is 0.0577 e. The fraction of sp³-hybridized carbons (Fsp3) is 0.867. The molecule has 1 N–H and O–H groups in total. The molecule has 8 atom stereocenters. The standard InChI is InChI=1S/C30H50O/c1-8-21(28(3,4)5)10-9-20(2)25-13-14-26-24-12-11-22-19-23(31)15-17-29(22,6)27(24)16-18-30(25,26)7/h8,11,20,23-27,31H,9-10,12-19H2,1-7H3. The highest BCUT2D eigenvalue weighted by Crippen LogP contribution is 2.67. The van der Waals surface area contributed by atoms with Gasteiger partial charge in [-0.15, -0.1) is 0 Å². The second-order valence-electron chi connectivity index (χ2n) is 13.5. The zero-order chi connectivity index (χ0) is 22.6. The van der Waals surface area contributed by atoms with Gasteiger partial charge < -0.3 is 5.11 Å². The van der Waals surface area contributed by atoms with Gasteiger partial charge in [0.25, 0.3) is 0 Å². The van der Waals surface area contributed by atoms with Gasteiger partial charge in [0.05, 0.1) is 6.10 Å². The van der Waals surface area contributed by atoms with Gasteiger partial charge in [-0.1, -0.05) is 64.8 Å². The van der Waals surface area contributed by atoms with Crippen LogP contribution in [0.3, 0.4) is 0 Å². The summed E-state index contributed by atoms with van der Waals surface area (Å²) in [5.41, 5.74) is 4.49. The van der Waals surface area contributed by atoms with Crippen LogP contribution < -0.4 is 0 Å². The summed E-state index contributed by atoms with van der Waals surface area (Å²) in [7, 11) is 0. The Morgan fingerprint density at radius 3 is 2.55 bits per heavy atom. The Morgan fingerprint density at radius 2 is 1.87 bits per heavy atom. The van der Waals surface area contributed by atoms with E-state index in [-0.39, 0.29) is 6.10 Å². The molecule has 0 aromatic heterocycles. The molecule has 3 saturated carbocycles. The monoisotopic (exact) mass is 426 g/mol. The van der Waals surface area contributed by atoms with Crippen molar-refractivity contribution in [2.24, 2.45) is 45.8 Å². The van der Waals surface area contributed by atoms with Crippen molar-refractivity contribution >= 4 is 0 Å². The average Bonchev–Trinajstić information content (AvgIpc) is 3.05. The highest BCUT2D eigenvalue weighted by atomic mass is 16.3. The van der Waals surface area contributed by atoms with Gasteiger partial charge >= 0.3 is 0 Å². The lowest BCUT2D eigenvalue weighted by Crippen LogP contribution is -2.50. The maximum absolute atomic E-state index is 10.3. The number of hydrogen-bond donors (Lipinski definition) is 1. The van der Waals surface area contributed by atoms with Gasteiger partial charge in [0.1, 0.15) is 0 Å². The first kappa shape index (κ1) is 23.6. The van der Waals surface area contributed by atoms with Crippen LogP contribution in [0.1, 0.15) is 113 Å². The van der Waals surface area contributed by atoms with Gasteiger partial charge in [0.2, 0.25) is 0 Å². The Bertz CT molecular complexity index is 723. The Kier molecular flexibility index (Phi) is 6.35. The van der Waals surface area contributed by atoms with Gasteiger partial charge in [-0.05, 0) is 117 Å². The third-order valence-electron chi connectivity index (χ3n) is 11.0. The zero-order valence-electron chi connectivity index (χ0n) is 21.6. The van der Waals surface area contributed by atoms with Gasteiger partial charge in [-0.25, -0.2) is 0 Å². The lowest BCUT2D eigenvalue weighted by atomic mass is 9.47. The molecule has 0 aromatic rings. The van der Waals surface area contributed by atoms with Crippen LogP contribution in [-0.4, -0.2) is 11.2 Å². The topological polar surface area (TPSA) is 20.2 Å². The van der Waals surface area contributed by atoms with E-state index >= 15 is 0 Å². The molecule has 0 amide bonds. The molecule has 4 rings (SSSR count). The Hall–Kier alpha value is -0.560. The quantitative estimate of drug-likeness (QED) is 0.448. The van der Waals surface area contributed by atoms with Crippen LogP contribution in [0.5, 0.6) is 0 Å². The summed E-state index contributed by atoms with van der Waals surface area (Å²) in [6.07, 6.45) is 17.8. The van der Waals surface area contributed by atoms with Gasteiger partial charge in [-0.3, -0.25) is 0 Å². The van der Waals surface area contributed by atoms with Crippen LogP contribution >= 0.6 is 0 Å². The molecule has 0 aromatic carbocycles. The molecular formula is C30H50O. The molecule has 0 spiro atoms. The highest BCUT2D eigenvalue weighted by molar-refractivity contribution is 5.25. The van der Waals surface area contributed by atoms with Crippen LogP contribution in [0.2, 0.25) is 0 Å². The first-order valence-electron chi connectivity index (χ1n) is 13.5. The molecule has 4 aliphatic carbocycles. The van der Waals surface area contributed by atoms with Crippen LogP contribution in [0.15, 0.2) is 23.3 Å². The summed E-state index contributed by atoms with van der Waals surface area (Å²) in [4.78, 5) is 0. The largest absolute Gasteiger partial charge is 0.393 e. The van der Waals surface area contributed by atoms with Crippen molar-refractivity contribution in [3.63, 3.8) is 0 Å². The molecule has 176 valence electrons. The van der Waals surface area contributed by atoms with E-state index in [4.69, 9.17) is 0 Å². The zero-order valence-corrected chi connectivity index (χ0v) is 21.6. The molecule has 4 aliphatic rings. The molecule has 0 saturated heterocycles. The van der Waals surface area contributed by atoms with Crippen molar-refractivity contribution in [1.82, 2.24) is 0 Å². The van der Waals surface area contributed by atoms with Crippen molar-refractivity contribution in [2.75, 3.05) is 0 Å². The van der Waals surface area contributed by atoms with Crippen LogP contribution in [0.25, 0.3) is 0 Å². The Morgan fingerprint density at radius 1 is 1.13 bits per heavy atom. The minimum absolute atomic E-state index is 0.0865. The Balaban J connectivity index is 1.48. The highest BCUT2D eigenvalue weighted by Gasteiger charge is 2.59. The summed E-state index contributed by atoms with van der Waals surface area (Å²) < 4.78 is 0. The number of aliphatic hydroxyl groups is 1. The minimum atomic E-state index is -0.0865. The second kappa shape index (κ2) is 8.34. The molecule has 0 heterocycles. The minimum Gasteiger partial charge on any atom is -0.393 e. The number of aliphatic hydroxyl groups excluding tert-OH is 1. The summed E-state index contributed by atoms with van der Waals surface area (Å²) >= 11 is 0. The van der Waals surface area contributed by atoms with Gasteiger partial charge in [0.15, 0.2) is 0 Å². The van der Waals surface area contributed by atoms with E-state index in [2.05, 4.69) is 60.6 Å². The second-order valence-corrected chi connectivity index (χ2v) is 13.5. The third-order valence-corrected chi connectivity index (χ3v) is 11.0. The fourth-order valence-corrected chi connectivity index (χ4v) is 9.15. The van der Waals surface area contributed by atoms with Crippen molar-refractivity contribution < 1.29 is 5.11 Å². The van der Waals surface area contributed by atoms with Crippen molar-refractivity contribution in [3.05, 3.63) is 23.3 Å². The molecule has 0 aliphatic heterocycles. The molecule has 8 unspecified atom stereocenters. The summed E-state index contributed by atoms with van der Waals surface area (Å²) in [6.45, 7) is 17.2. The number of fused-ring (bicyclic) bond motifs is 5. The molecule has 3 fully saturated rings. The summed E-state index contributed by atoms with van der Waals surface area (Å²) in [5, 5.41) is 10.3. The molecular weight excluding hydrogens is 376 g/mol. The average molecular weight is 427 g/mol. The lowest BCUT2D eigenvalue weighted by Gasteiger charge is -2.58. The van der Waals surface area contributed by atoms with Crippen molar-refractivity contribution in [3.8, 4) is 0 Å². The normalized spacial score (nSPS) is 44.2. The molecule has 1 heteroatoms. The van der Waals surface area contributed by atoms with Gasteiger partial charge in [-0.2, -0.15) is 0 Å². The lowest BCUT2D eigenvalue weighted by molar-refractivity contribution is -0.0571. The number of rotatable bonds is 4. The van der Waals surface area contributed by atoms with Gasteiger partial charge in [0, 0.05) is 0 Å². The van der Waals surface area contributed by atoms with E-state index in [9.17, 15) is 5.11 Å². The first-order chi connectivity index (χ1) is 14.5. The van der Waals surface area contributed by atoms with E-state index < -0.39 is 0 Å². The van der Waals surface area contributed by atoms with E-state index in [1.165, 1.54) is 51.4 Å². The predicted molar refractivity (Wildman–Crippen MR) is 133 cm³/mol. The Labute approximate surface area is 193 Å². The maximum Gasteiger partial charge on any atom is 0.0577 e. The first-order valence-corrected chi connectivity index (χ1v) is 13.5. The van der Waals surface area contributed by atoms with E-state index in [0.717, 1.165) is 42.4 Å². The van der Waals surface area contributed by atoms with E-state index in [1.807, 2.05) is 0 Å². The molecule has 0 radical (unpaired) electrons. The fourth-order valence-electron chi connectivity index (χ4n) is 9.15. The molecule has 1 nitrogen and oxygen atoms in total. The summed E-state index contributed by atoms with van der Waals surface area (Å²) in [5.74, 6) is 4.41. The SMILES string of the molecule is CC=C(CCC(C)C1CCC2C3CC=C4CC(O)CCC4(C)C3CCC12C)C(C)(C)C. The van der Waals surface area contributed by atoms with Crippen LogP contribution in [0, 0.1) is 45.8 Å². The third kappa shape index (κ3) is 4.00. The van der Waals surface area contributed by atoms with E-state index in [0.29, 0.717) is 16.2 Å². The summed E-state index contributed by atoms with van der Waals surface area (Å²) in [6, 6.07) is 0. The van der Waals surface area contributed by atoms with Crippen LogP contribution in [0.4, 0.5) is 0 Å². The van der Waals surface area contributed by atoms with Crippen molar-refractivity contribution in [2.45, 2.75) is 119 Å². The number of allylic oxidation sites excluding steroid dienone is 3. The molecule has 0 bridgehead atoms.